The van der Waals surface area contributed by atoms with E-state index < -0.39 is 0 Å². The van der Waals surface area contributed by atoms with Crippen LogP contribution in [0.25, 0.3) is 22.1 Å². The third-order valence-corrected chi connectivity index (χ3v) is 4.88. The molecule has 2 aromatic heterocycles. The molecule has 0 unspecified atom stereocenters. The van der Waals surface area contributed by atoms with Crippen LogP contribution in [0, 0.1) is 0 Å². The van der Waals surface area contributed by atoms with Crippen LogP contribution in [0.4, 0.5) is 5.69 Å². The number of furan rings is 1. The Morgan fingerprint density at radius 1 is 1.19 bits per heavy atom. The normalized spacial score (nSPS) is 11.4. The molecular weight excluding hydrogens is 408 g/mol. The van der Waals surface area contributed by atoms with Crippen molar-refractivity contribution in [1.29, 1.82) is 0 Å². The van der Waals surface area contributed by atoms with Gasteiger partial charge in [-0.25, -0.2) is 4.98 Å². The smallest absolute Gasteiger partial charge is 0.294 e. The number of fused-ring (bicyclic) bond motifs is 3. The van der Waals surface area contributed by atoms with Gasteiger partial charge in [-0.05, 0) is 35.9 Å². The summed E-state index contributed by atoms with van der Waals surface area (Å²) >= 11 is 3.45. The first-order valence-corrected chi connectivity index (χ1v) is 9.38. The summed E-state index contributed by atoms with van der Waals surface area (Å²) in [6.07, 6.45) is 0. The van der Waals surface area contributed by atoms with Gasteiger partial charge in [0.2, 0.25) is 5.58 Å². The van der Waals surface area contributed by atoms with E-state index in [1.54, 1.807) is 0 Å². The molecule has 0 spiro atoms. The number of anilines is 1. The molecule has 2 N–H and O–H groups in total. The molecule has 138 valence electrons. The maximum absolute atomic E-state index is 12.4. The van der Waals surface area contributed by atoms with Gasteiger partial charge < -0.3 is 19.6 Å². The standard InChI is InChI=1S/C20H19BrN4O2/c1-25(2)14-5-3-4-12(8-14)10-22-11-17-23-18-15-9-13(21)6-7-16(15)27-19(18)20(26)24-17/h3-9,22H,10-11H2,1-2H3,(H,23,24,26). The molecular formula is C20H19BrN4O2. The Morgan fingerprint density at radius 3 is 2.85 bits per heavy atom. The summed E-state index contributed by atoms with van der Waals surface area (Å²) in [5, 5.41) is 4.16. The van der Waals surface area contributed by atoms with Crippen LogP contribution in [0.2, 0.25) is 0 Å². The van der Waals surface area contributed by atoms with Gasteiger partial charge in [-0.3, -0.25) is 4.79 Å². The van der Waals surface area contributed by atoms with Crippen molar-refractivity contribution in [3.63, 3.8) is 0 Å². The van der Waals surface area contributed by atoms with Crippen LogP contribution in [-0.4, -0.2) is 24.1 Å². The van der Waals surface area contributed by atoms with E-state index in [1.165, 1.54) is 5.56 Å². The molecule has 6 nitrogen and oxygen atoms in total. The molecule has 0 aliphatic rings. The molecule has 27 heavy (non-hydrogen) atoms. The number of halogens is 1. The molecule has 0 radical (unpaired) electrons. The molecule has 4 aromatic rings. The fraction of sp³-hybridized carbons (Fsp3) is 0.200. The zero-order valence-corrected chi connectivity index (χ0v) is 16.6. The Bertz CT molecular complexity index is 1180. The van der Waals surface area contributed by atoms with Gasteiger partial charge >= 0.3 is 0 Å². The minimum Gasteiger partial charge on any atom is -0.449 e. The molecule has 0 fully saturated rings. The number of nitrogens with one attached hydrogen (secondary N) is 2. The summed E-state index contributed by atoms with van der Waals surface area (Å²) in [6.45, 7) is 1.14. The molecule has 7 heteroatoms. The lowest BCUT2D eigenvalue weighted by Gasteiger charge is -2.13. The van der Waals surface area contributed by atoms with Crippen LogP contribution < -0.4 is 15.8 Å². The number of hydrogen-bond acceptors (Lipinski definition) is 5. The van der Waals surface area contributed by atoms with Crippen molar-refractivity contribution < 1.29 is 4.42 Å². The van der Waals surface area contributed by atoms with Crippen molar-refractivity contribution in [2.45, 2.75) is 13.1 Å². The largest absolute Gasteiger partial charge is 0.449 e. The number of H-pyrrole nitrogens is 1. The molecule has 0 aliphatic carbocycles. The predicted molar refractivity (Wildman–Crippen MR) is 111 cm³/mol. The van der Waals surface area contributed by atoms with Crippen molar-refractivity contribution >= 4 is 43.7 Å². The van der Waals surface area contributed by atoms with E-state index in [2.05, 4.69) is 54.3 Å². The quantitative estimate of drug-likeness (QED) is 0.507. The van der Waals surface area contributed by atoms with Crippen LogP contribution in [-0.2, 0) is 13.1 Å². The molecule has 0 amide bonds. The van der Waals surface area contributed by atoms with Gasteiger partial charge in [0.25, 0.3) is 5.56 Å². The van der Waals surface area contributed by atoms with Crippen LogP contribution in [0.15, 0.2) is 56.1 Å². The molecule has 0 saturated carbocycles. The third kappa shape index (κ3) is 3.61. The second-order valence-electron chi connectivity index (χ2n) is 6.60. The SMILES string of the molecule is CN(C)c1cccc(CNCc2nc3c(oc4ccc(Br)cc43)c(=O)[nH]2)c1. The summed E-state index contributed by atoms with van der Waals surface area (Å²) in [7, 11) is 4.04. The van der Waals surface area contributed by atoms with E-state index in [0.717, 1.165) is 15.5 Å². The third-order valence-electron chi connectivity index (χ3n) is 4.38. The summed E-state index contributed by atoms with van der Waals surface area (Å²) in [5.41, 5.74) is 3.54. The first-order valence-electron chi connectivity index (χ1n) is 8.59. The molecule has 2 aromatic carbocycles. The molecule has 2 heterocycles. The maximum atomic E-state index is 12.4. The Hall–Kier alpha value is -2.64. The average Bonchev–Trinajstić information content (AvgIpc) is 3.01. The second kappa shape index (κ2) is 7.17. The monoisotopic (exact) mass is 426 g/mol. The van der Waals surface area contributed by atoms with Gasteiger partial charge in [0.15, 0.2) is 0 Å². The van der Waals surface area contributed by atoms with Gasteiger partial charge in [0.05, 0.1) is 6.54 Å². The van der Waals surface area contributed by atoms with Crippen LogP contribution in [0.1, 0.15) is 11.4 Å². The summed E-state index contributed by atoms with van der Waals surface area (Å²) in [6, 6.07) is 13.9. The van der Waals surface area contributed by atoms with E-state index in [4.69, 9.17) is 4.42 Å². The molecule has 0 aliphatic heterocycles. The molecule has 0 saturated heterocycles. The van der Waals surface area contributed by atoms with Crippen molar-refractivity contribution in [3.05, 3.63) is 68.7 Å². The predicted octanol–water partition coefficient (Wildman–Crippen LogP) is 3.79. The maximum Gasteiger partial charge on any atom is 0.294 e. The van der Waals surface area contributed by atoms with E-state index in [-0.39, 0.29) is 11.1 Å². The number of aromatic amines is 1. The number of nitrogens with zero attached hydrogens (tertiary/aromatic N) is 2. The van der Waals surface area contributed by atoms with Crippen LogP contribution in [0.3, 0.4) is 0 Å². The van der Waals surface area contributed by atoms with Crippen molar-refractivity contribution in [1.82, 2.24) is 15.3 Å². The minimum absolute atomic E-state index is 0.255. The molecule has 0 atom stereocenters. The number of aromatic nitrogens is 2. The number of benzene rings is 2. The van der Waals surface area contributed by atoms with E-state index in [9.17, 15) is 4.79 Å². The lowest BCUT2D eigenvalue weighted by Crippen LogP contribution is -2.19. The zero-order chi connectivity index (χ0) is 19.0. The Morgan fingerprint density at radius 2 is 2.04 bits per heavy atom. The van der Waals surface area contributed by atoms with Gasteiger partial charge in [-0.15, -0.1) is 0 Å². The van der Waals surface area contributed by atoms with Crippen LogP contribution >= 0.6 is 15.9 Å². The minimum atomic E-state index is -0.265. The number of rotatable bonds is 5. The van der Waals surface area contributed by atoms with Gasteiger partial charge in [-0.2, -0.15) is 0 Å². The highest BCUT2D eigenvalue weighted by atomic mass is 79.9. The Balaban J connectivity index is 1.57. The van der Waals surface area contributed by atoms with Gasteiger partial charge in [0.1, 0.15) is 16.9 Å². The molecule has 0 bridgehead atoms. The lowest BCUT2D eigenvalue weighted by molar-refractivity contribution is 0.645. The first-order chi connectivity index (χ1) is 13.0. The summed E-state index contributed by atoms with van der Waals surface area (Å²) in [5.74, 6) is 0.582. The highest BCUT2D eigenvalue weighted by Gasteiger charge is 2.13. The summed E-state index contributed by atoms with van der Waals surface area (Å²) < 4.78 is 6.57. The fourth-order valence-electron chi connectivity index (χ4n) is 3.03. The lowest BCUT2D eigenvalue weighted by atomic mass is 10.2. The van der Waals surface area contributed by atoms with E-state index >= 15 is 0 Å². The van der Waals surface area contributed by atoms with Crippen molar-refractivity contribution in [2.75, 3.05) is 19.0 Å². The highest BCUT2D eigenvalue weighted by Crippen LogP contribution is 2.27. The van der Waals surface area contributed by atoms with Gasteiger partial charge in [0, 0.05) is 36.2 Å². The van der Waals surface area contributed by atoms with E-state index in [0.29, 0.717) is 30.0 Å². The van der Waals surface area contributed by atoms with Gasteiger partial charge in [-0.1, -0.05) is 28.1 Å². The average molecular weight is 427 g/mol. The van der Waals surface area contributed by atoms with Crippen LogP contribution in [0.5, 0.6) is 0 Å². The Kier molecular flexibility index (Phi) is 4.72. The second-order valence-corrected chi connectivity index (χ2v) is 7.52. The highest BCUT2D eigenvalue weighted by molar-refractivity contribution is 9.10. The first kappa shape index (κ1) is 17.8. The Labute approximate surface area is 164 Å². The zero-order valence-electron chi connectivity index (χ0n) is 15.0. The molecule has 4 rings (SSSR count). The van der Waals surface area contributed by atoms with Crippen molar-refractivity contribution in [3.8, 4) is 0 Å². The fourth-order valence-corrected chi connectivity index (χ4v) is 3.39. The topological polar surface area (TPSA) is 74.2 Å². The number of hydrogen-bond donors (Lipinski definition) is 2. The van der Waals surface area contributed by atoms with Crippen molar-refractivity contribution in [2.24, 2.45) is 0 Å². The van der Waals surface area contributed by atoms with E-state index in [1.807, 2.05) is 38.4 Å². The summed E-state index contributed by atoms with van der Waals surface area (Å²) in [4.78, 5) is 21.8.